The van der Waals surface area contributed by atoms with Gasteiger partial charge in [0.25, 0.3) is 0 Å². The molecule has 1 aromatic rings. The zero-order valence-electron chi connectivity index (χ0n) is 7.99. The van der Waals surface area contributed by atoms with Crippen LogP contribution in [-0.2, 0) is 0 Å². The minimum absolute atomic E-state index is 0.00864. The topological polar surface area (TPSA) is 82.1 Å². The molecule has 1 rings (SSSR count). The van der Waals surface area contributed by atoms with E-state index >= 15 is 0 Å². The molecule has 0 aromatic heterocycles. The Kier molecular flexibility index (Phi) is 3.46. The largest absolute Gasteiger partial charge is 0.398 e. The first kappa shape index (κ1) is 10.5. The van der Waals surface area contributed by atoms with Gasteiger partial charge in [0.05, 0.1) is 18.2 Å². The van der Waals surface area contributed by atoms with Crippen LogP contribution < -0.4 is 11.1 Å². The summed E-state index contributed by atoms with van der Waals surface area (Å²) in [5.74, 6) is 0. The van der Waals surface area contributed by atoms with Gasteiger partial charge >= 0.3 is 0 Å². The maximum Gasteiger partial charge on any atom is 0.101 e. The van der Waals surface area contributed by atoms with Gasteiger partial charge in [0, 0.05) is 5.69 Å². The summed E-state index contributed by atoms with van der Waals surface area (Å²) in [7, 11) is 1.75. The summed E-state index contributed by atoms with van der Waals surface area (Å²) < 4.78 is 0. The second-order valence-corrected chi connectivity index (χ2v) is 2.98. The lowest BCUT2D eigenvalue weighted by atomic mass is 10.0. The second-order valence-electron chi connectivity index (χ2n) is 2.98. The van der Waals surface area contributed by atoms with Crippen LogP contribution in [0.15, 0.2) is 18.2 Å². The molecule has 0 spiro atoms. The fourth-order valence-corrected chi connectivity index (χ4v) is 1.25. The van der Waals surface area contributed by atoms with Crippen LogP contribution in [0.4, 0.5) is 5.69 Å². The average molecular weight is 191 g/mol. The van der Waals surface area contributed by atoms with E-state index in [-0.39, 0.29) is 12.6 Å². The molecule has 0 bridgehead atoms. The molecule has 0 aliphatic heterocycles. The maximum absolute atomic E-state index is 9.04. The third-order valence-electron chi connectivity index (χ3n) is 2.13. The molecule has 0 amide bonds. The molecule has 1 aromatic carbocycles. The number of benzene rings is 1. The molecule has 0 saturated heterocycles. The fraction of sp³-hybridized carbons (Fsp3) is 0.300. The monoisotopic (exact) mass is 191 g/mol. The van der Waals surface area contributed by atoms with Crippen molar-refractivity contribution >= 4 is 5.69 Å². The van der Waals surface area contributed by atoms with Gasteiger partial charge in [-0.15, -0.1) is 0 Å². The third kappa shape index (κ3) is 2.02. The van der Waals surface area contributed by atoms with Crippen molar-refractivity contribution < 1.29 is 5.11 Å². The Hall–Kier alpha value is -1.57. The highest BCUT2D eigenvalue weighted by atomic mass is 16.3. The summed E-state index contributed by atoms with van der Waals surface area (Å²) in [5, 5.41) is 20.7. The number of hydrogen-bond donors (Lipinski definition) is 3. The predicted octanol–water partition coefficient (Wildman–Crippen LogP) is 0.393. The molecule has 74 valence electrons. The molecule has 0 aliphatic carbocycles. The van der Waals surface area contributed by atoms with Crippen molar-refractivity contribution in [3.05, 3.63) is 29.3 Å². The second kappa shape index (κ2) is 4.61. The first-order valence-electron chi connectivity index (χ1n) is 4.30. The standard InChI is InChI=1S/C10H13N3O/c1-13-10(6-14)7-2-3-9(12)8(4-7)5-11/h2-4,10,13-14H,6,12H2,1H3/t10-/m0/s1. The predicted molar refractivity (Wildman–Crippen MR) is 54.5 cm³/mol. The SMILES string of the molecule is CN[C@@H](CO)c1ccc(N)c(C#N)c1. The molecular formula is C10H13N3O. The minimum Gasteiger partial charge on any atom is -0.398 e. The number of aliphatic hydroxyl groups excluding tert-OH is 1. The Morgan fingerprint density at radius 1 is 1.64 bits per heavy atom. The van der Waals surface area contributed by atoms with E-state index in [1.54, 1.807) is 25.2 Å². The average Bonchev–Trinajstić information content (AvgIpc) is 2.22. The number of anilines is 1. The van der Waals surface area contributed by atoms with Crippen molar-refractivity contribution in [1.82, 2.24) is 5.32 Å². The van der Waals surface area contributed by atoms with Crippen LogP contribution in [0.1, 0.15) is 17.2 Å². The quantitative estimate of drug-likeness (QED) is 0.604. The molecule has 0 unspecified atom stereocenters. The number of nitriles is 1. The number of likely N-dealkylation sites (N-methyl/N-ethyl adjacent to an activating group) is 1. The summed E-state index contributed by atoms with van der Waals surface area (Å²) >= 11 is 0. The highest BCUT2D eigenvalue weighted by Gasteiger charge is 2.09. The number of nitrogens with one attached hydrogen (secondary N) is 1. The smallest absolute Gasteiger partial charge is 0.101 e. The molecule has 0 aliphatic rings. The summed E-state index contributed by atoms with van der Waals surface area (Å²) in [6.07, 6.45) is 0. The molecule has 0 heterocycles. The van der Waals surface area contributed by atoms with Crippen LogP contribution in [-0.4, -0.2) is 18.8 Å². The van der Waals surface area contributed by atoms with Crippen molar-refractivity contribution in [1.29, 1.82) is 5.26 Å². The van der Waals surface area contributed by atoms with E-state index in [1.165, 1.54) is 0 Å². The lowest BCUT2D eigenvalue weighted by Gasteiger charge is -2.13. The van der Waals surface area contributed by atoms with Crippen LogP contribution in [0.25, 0.3) is 0 Å². The van der Waals surface area contributed by atoms with E-state index < -0.39 is 0 Å². The number of rotatable bonds is 3. The molecule has 1 atom stereocenters. The van der Waals surface area contributed by atoms with Gasteiger partial charge < -0.3 is 16.2 Å². The molecule has 4 heteroatoms. The van der Waals surface area contributed by atoms with Gasteiger partial charge in [-0.25, -0.2) is 0 Å². The van der Waals surface area contributed by atoms with Crippen molar-refractivity contribution in [2.24, 2.45) is 0 Å². The van der Waals surface area contributed by atoms with Gasteiger partial charge in [0.1, 0.15) is 6.07 Å². The highest BCUT2D eigenvalue weighted by Crippen LogP contribution is 2.18. The van der Waals surface area contributed by atoms with Crippen LogP contribution in [0.2, 0.25) is 0 Å². The Balaban J connectivity index is 3.06. The van der Waals surface area contributed by atoms with E-state index in [0.717, 1.165) is 5.56 Å². The van der Waals surface area contributed by atoms with E-state index in [2.05, 4.69) is 5.32 Å². The number of nitrogens with two attached hydrogens (primary N) is 1. The Morgan fingerprint density at radius 2 is 2.36 bits per heavy atom. The molecule has 0 saturated carbocycles. The molecule has 0 radical (unpaired) electrons. The van der Waals surface area contributed by atoms with Crippen LogP contribution in [0.3, 0.4) is 0 Å². The van der Waals surface area contributed by atoms with Crippen LogP contribution in [0, 0.1) is 11.3 Å². The number of aliphatic hydroxyl groups is 1. The zero-order chi connectivity index (χ0) is 10.6. The lowest BCUT2D eigenvalue weighted by Crippen LogP contribution is -2.20. The highest BCUT2D eigenvalue weighted by molar-refractivity contribution is 5.55. The number of nitrogens with zero attached hydrogens (tertiary/aromatic N) is 1. The summed E-state index contributed by atoms with van der Waals surface area (Å²) in [6.45, 7) is -0.00864. The van der Waals surface area contributed by atoms with Gasteiger partial charge in [-0.2, -0.15) is 5.26 Å². The molecule has 4 nitrogen and oxygen atoms in total. The van der Waals surface area contributed by atoms with E-state index in [4.69, 9.17) is 16.1 Å². The van der Waals surface area contributed by atoms with Gasteiger partial charge in [-0.05, 0) is 24.7 Å². The number of hydrogen-bond acceptors (Lipinski definition) is 4. The normalized spacial score (nSPS) is 12.1. The summed E-state index contributed by atoms with van der Waals surface area (Å²) in [4.78, 5) is 0. The van der Waals surface area contributed by atoms with Crippen molar-refractivity contribution in [2.45, 2.75) is 6.04 Å². The fourth-order valence-electron chi connectivity index (χ4n) is 1.25. The zero-order valence-corrected chi connectivity index (χ0v) is 7.99. The van der Waals surface area contributed by atoms with Gasteiger partial charge in [-0.1, -0.05) is 6.07 Å². The molecular weight excluding hydrogens is 178 g/mol. The van der Waals surface area contributed by atoms with Crippen LogP contribution in [0.5, 0.6) is 0 Å². The summed E-state index contributed by atoms with van der Waals surface area (Å²) in [5.41, 5.74) is 7.34. The molecule has 4 N–H and O–H groups in total. The summed E-state index contributed by atoms with van der Waals surface area (Å²) in [6, 6.07) is 7.01. The maximum atomic E-state index is 9.04. The third-order valence-corrected chi connectivity index (χ3v) is 2.13. The van der Waals surface area contributed by atoms with E-state index in [0.29, 0.717) is 11.3 Å². The molecule has 0 fully saturated rings. The first-order valence-corrected chi connectivity index (χ1v) is 4.30. The van der Waals surface area contributed by atoms with Crippen LogP contribution >= 0.6 is 0 Å². The van der Waals surface area contributed by atoms with Crippen molar-refractivity contribution in [3.8, 4) is 6.07 Å². The van der Waals surface area contributed by atoms with E-state index in [1.807, 2.05) is 6.07 Å². The van der Waals surface area contributed by atoms with Gasteiger partial charge in [0.15, 0.2) is 0 Å². The number of nitrogen functional groups attached to an aromatic ring is 1. The van der Waals surface area contributed by atoms with Gasteiger partial charge in [0.2, 0.25) is 0 Å². The minimum atomic E-state index is -0.150. The Morgan fingerprint density at radius 3 is 2.86 bits per heavy atom. The Bertz CT molecular complexity index is 353. The van der Waals surface area contributed by atoms with Crippen molar-refractivity contribution in [3.63, 3.8) is 0 Å². The van der Waals surface area contributed by atoms with Crippen molar-refractivity contribution in [2.75, 3.05) is 19.4 Å². The first-order chi connectivity index (χ1) is 6.72. The van der Waals surface area contributed by atoms with Gasteiger partial charge in [-0.3, -0.25) is 0 Å². The van der Waals surface area contributed by atoms with E-state index in [9.17, 15) is 0 Å². The lowest BCUT2D eigenvalue weighted by molar-refractivity contribution is 0.251. The molecule has 14 heavy (non-hydrogen) atoms. The Labute approximate surface area is 83.0 Å².